The molecule has 0 saturated carbocycles. The molecule has 0 saturated heterocycles. The first-order valence-corrected chi connectivity index (χ1v) is 6.81. The van der Waals surface area contributed by atoms with Crippen LogP contribution in [0.5, 0.6) is 0 Å². The van der Waals surface area contributed by atoms with Gasteiger partial charge in [-0.1, -0.05) is 50.5 Å². The number of rotatable bonds is 7. The Morgan fingerprint density at radius 2 is 2.05 bits per heavy atom. The van der Waals surface area contributed by atoms with E-state index in [1.54, 1.807) is 0 Å². The van der Waals surface area contributed by atoms with E-state index in [1.165, 1.54) is 11.3 Å². The maximum atomic E-state index is 8.74. The number of hydrogen-bond donors (Lipinski definition) is 3. The van der Waals surface area contributed by atoms with Crippen LogP contribution >= 0.6 is 0 Å². The number of oxime groups is 1. The average molecular weight is 263 g/mol. The fraction of sp³-hybridized carbons (Fsp3) is 0.533. The van der Waals surface area contributed by atoms with E-state index in [0.717, 1.165) is 25.8 Å². The fourth-order valence-electron chi connectivity index (χ4n) is 1.95. The molecule has 0 aromatic heterocycles. The number of para-hydroxylation sites is 1. The molecular formula is C15H25N3O. The number of nitrogens with two attached hydrogens (primary N) is 1. The number of aryl methyl sites for hydroxylation is 1. The Morgan fingerprint density at radius 1 is 1.37 bits per heavy atom. The summed E-state index contributed by atoms with van der Waals surface area (Å²) in [6.07, 6.45) is 3.02. The van der Waals surface area contributed by atoms with E-state index in [0.29, 0.717) is 0 Å². The highest BCUT2D eigenvalue weighted by Gasteiger charge is 2.22. The molecule has 0 radical (unpaired) electrons. The van der Waals surface area contributed by atoms with Gasteiger partial charge in [-0.15, -0.1) is 0 Å². The normalized spacial score (nSPS) is 12.5. The Kier molecular flexibility index (Phi) is 5.67. The Labute approximate surface area is 115 Å². The van der Waals surface area contributed by atoms with E-state index in [-0.39, 0.29) is 11.3 Å². The lowest BCUT2D eigenvalue weighted by Crippen LogP contribution is -2.33. The van der Waals surface area contributed by atoms with Crippen molar-refractivity contribution in [3.05, 3.63) is 29.8 Å². The van der Waals surface area contributed by atoms with Crippen LogP contribution in [0.4, 0.5) is 5.69 Å². The molecule has 0 fully saturated rings. The van der Waals surface area contributed by atoms with Crippen LogP contribution in [0, 0.1) is 5.41 Å². The average Bonchev–Trinajstić information content (AvgIpc) is 2.40. The zero-order chi connectivity index (χ0) is 14.3. The van der Waals surface area contributed by atoms with E-state index in [4.69, 9.17) is 10.9 Å². The van der Waals surface area contributed by atoms with E-state index in [2.05, 4.69) is 35.6 Å². The summed E-state index contributed by atoms with van der Waals surface area (Å²) in [6.45, 7) is 6.92. The number of benzene rings is 1. The van der Waals surface area contributed by atoms with Gasteiger partial charge < -0.3 is 16.3 Å². The minimum atomic E-state index is -0.304. The molecule has 0 amide bonds. The van der Waals surface area contributed by atoms with Crippen molar-refractivity contribution in [1.82, 2.24) is 0 Å². The van der Waals surface area contributed by atoms with E-state index < -0.39 is 0 Å². The van der Waals surface area contributed by atoms with Gasteiger partial charge in [0.2, 0.25) is 0 Å². The second-order valence-corrected chi connectivity index (χ2v) is 5.45. The quantitative estimate of drug-likeness (QED) is 0.306. The molecule has 1 aromatic carbocycles. The predicted molar refractivity (Wildman–Crippen MR) is 80.7 cm³/mol. The summed E-state index contributed by atoms with van der Waals surface area (Å²) >= 11 is 0. The van der Waals surface area contributed by atoms with Crippen LogP contribution in [0.1, 0.15) is 39.2 Å². The van der Waals surface area contributed by atoms with Crippen molar-refractivity contribution < 1.29 is 5.21 Å². The molecular weight excluding hydrogens is 238 g/mol. The SMILES string of the molecule is CCCc1ccccc1NCCC(C)(C)C(N)=NO. The molecule has 0 aliphatic rings. The first-order valence-electron chi connectivity index (χ1n) is 6.81. The van der Waals surface area contributed by atoms with Gasteiger partial charge in [-0.3, -0.25) is 0 Å². The summed E-state index contributed by atoms with van der Waals surface area (Å²) in [5.41, 5.74) is 7.90. The minimum absolute atomic E-state index is 0.274. The smallest absolute Gasteiger partial charge is 0.144 e. The third kappa shape index (κ3) is 4.47. The lowest BCUT2D eigenvalue weighted by Gasteiger charge is -2.23. The molecule has 0 heterocycles. The van der Waals surface area contributed by atoms with Gasteiger partial charge in [0.1, 0.15) is 5.84 Å². The van der Waals surface area contributed by atoms with Crippen molar-refractivity contribution in [3.63, 3.8) is 0 Å². The molecule has 1 aromatic rings. The number of nitrogens with zero attached hydrogens (tertiary/aromatic N) is 1. The number of nitrogens with one attached hydrogen (secondary N) is 1. The molecule has 0 aliphatic carbocycles. The Hall–Kier alpha value is -1.71. The third-order valence-electron chi connectivity index (χ3n) is 3.40. The largest absolute Gasteiger partial charge is 0.409 e. The van der Waals surface area contributed by atoms with E-state index in [9.17, 15) is 0 Å². The lowest BCUT2D eigenvalue weighted by atomic mass is 9.88. The molecule has 0 spiro atoms. The van der Waals surface area contributed by atoms with Gasteiger partial charge in [0.05, 0.1) is 0 Å². The molecule has 4 nitrogen and oxygen atoms in total. The predicted octanol–water partition coefficient (Wildman–Crippen LogP) is 3.21. The lowest BCUT2D eigenvalue weighted by molar-refractivity contribution is 0.306. The van der Waals surface area contributed by atoms with Crippen LogP contribution in [-0.2, 0) is 6.42 Å². The maximum absolute atomic E-state index is 8.74. The first kappa shape index (κ1) is 15.3. The van der Waals surface area contributed by atoms with Crippen LogP contribution in [0.25, 0.3) is 0 Å². The molecule has 0 bridgehead atoms. The zero-order valence-electron chi connectivity index (χ0n) is 12.1. The van der Waals surface area contributed by atoms with Gasteiger partial charge in [-0.2, -0.15) is 0 Å². The van der Waals surface area contributed by atoms with Gasteiger partial charge in [0.25, 0.3) is 0 Å². The Morgan fingerprint density at radius 3 is 2.68 bits per heavy atom. The summed E-state index contributed by atoms with van der Waals surface area (Å²) in [4.78, 5) is 0. The first-order chi connectivity index (χ1) is 9.01. The Balaban J connectivity index is 2.58. The van der Waals surface area contributed by atoms with Crippen molar-refractivity contribution in [2.24, 2.45) is 16.3 Å². The van der Waals surface area contributed by atoms with Crippen LogP contribution in [0.15, 0.2) is 29.4 Å². The molecule has 4 N–H and O–H groups in total. The molecule has 0 atom stereocenters. The van der Waals surface area contributed by atoms with Crippen LogP contribution in [0.3, 0.4) is 0 Å². The minimum Gasteiger partial charge on any atom is -0.409 e. The molecule has 0 unspecified atom stereocenters. The van der Waals surface area contributed by atoms with Crippen molar-refractivity contribution in [1.29, 1.82) is 0 Å². The van der Waals surface area contributed by atoms with Crippen LogP contribution in [0.2, 0.25) is 0 Å². The maximum Gasteiger partial charge on any atom is 0.144 e. The summed E-state index contributed by atoms with van der Waals surface area (Å²) in [7, 11) is 0. The molecule has 1 rings (SSSR count). The van der Waals surface area contributed by atoms with Crippen molar-refractivity contribution in [2.45, 2.75) is 40.0 Å². The summed E-state index contributed by atoms with van der Waals surface area (Å²) in [6, 6.07) is 8.36. The summed E-state index contributed by atoms with van der Waals surface area (Å²) in [5.74, 6) is 0.274. The zero-order valence-corrected chi connectivity index (χ0v) is 12.1. The van der Waals surface area contributed by atoms with Gasteiger partial charge in [-0.05, 0) is 24.5 Å². The van der Waals surface area contributed by atoms with Crippen molar-refractivity contribution >= 4 is 11.5 Å². The number of anilines is 1. The highest BCUT2D eigenvalue weighted by atomic mass is 16.4. The molecule has 106 valence electrons. The van der Waals surface area contributed by atoms with Crippen molar-refractivity contribution in [2.75, 3.05) is 11.9 Å². The van der Waals surface area contributed by atoms with Gasteiger partial charge in [0.15, 0.2) is 0 Å². The second-order valence-electron chi connectivity index (χ2n) is 5.45. The highest BCUT2D eigenvalue weighted by molar-refractivity contribution is 5.85. The molecule has 0 aliphatic heterocycles. The molecule has 19 heavy (non-hydrogen) atoms. The van der Waals surface area contributed by atoms with Crippen molar-refractivity contribution in [3.8, 4) is 0 Å². The summed E-state index contributed by atoms with van der Waals surface area (Å²) in [5, 5.41) is 15.3. The number of hydrogen-bond acceptors (Lipinski definition) is 3. The van der Waals surface area contributed by atoms with Gasteiger partial charge in [0, 0.05) is 17.6 Å². The second kappa shape index (κ2) is 7.02. The standard InChI is InChI=1S/C15H25N3O/c1-4-7-12-8-5-6-9-13(12)17-11-10-15(2,3)14(16)18-19/h5-6,8-9,17,19H,4,7,10-11H2,1-3H3,(H2,16,18). The molecule has 4 heteroatoms. The van der Waals surface area contributed by atoms with Gasteiger partial charge in [-0.25, -0.2) is 0 Å². The fourth-order valence-corrected chi connectivity index (χ4v) is 1.95. The Bertz CT molecular complexity index is 427. The number of amidine groups is 1. The van der Waals surface area contributed by atoms with Crippen LogP contribution < -0.4 is 11.1 Å². The summed E-state index contributed by atoms with van der Waals surface area (Å²) < 4.78 is 0. The monoisotopic (exact) mass is 263 g/mol. The van der Waals surface area contributed by atoms with E-state index in [1.807, 2.05) is 19.9 Å². The van der Waals surface area contributed by atoms with Gasteiger partial charge >= 0.3 is 0 Å². The highest BCUT2D eigenvalue weighted by Crippen LogP contribution is 2.22. The van der Waals surface area contributed by atoms with Crippen LogP contribution in [-0.4, -0.2) is 17.6 Å². The van der Waals surface area contributed by atoms with E-state index >= 15 is 0 Å². The topological polar surface area (TPSA) is 70.6 Å². The third-order valence-corrected chi connectivity index (χ3v) is 3.40.